The zero-order valence-electron chi connectivity index (χ0n) is 11.7. The Morgan fingerprint density at radius 3 is 2.75 bits per heavy atom. The Bertz CT molecular complexity index is 470. The minimum atomic E-state index is -0.00832. The highest BCUT2D eigenvalue weighted by Crippen LogP contribution is 2.21. The highest BCUT2D eigenvalue weighted by atomic mass is 32.1. The molecule has 0 atom stereocenters. The Kier molecular flexibility index (Phi) is 6.03. The first-order valence-electron chi connectivity index (χ1n) is 7.40. The number of hydrogen-bond donors (Lipinski definition) is 2. The first kappa shape index (κ1) is 15.0. The molecule has 1 aliphatic rings. The van der Waals surface area contributed by atoms with Crippen molar-refractivity contribution in [1.82, 2.24) is 0 Å². The van der Waals surface area contributed by atoms with E-state index in [1.165, 1.54) is 56.3 Å². The molecule has 0 bridgehead atoms. The Morgan fingerprint density at radius 1 is 1.35 bits per heavy atom. The lowest BCUT2D eigenvalue weighted by Gasteiger charge is -2.17. The molecule has 20 heavy (non-hydrogen) atoms. The number of quaternary nitrogens is 1. The Labute approximate surface area is 124 Å². The molecule has 3 N–H and O–H groups in total. The standard InChI is InChI=1S/C15H21N3OS/c16-10-12-8-9-20-15(12)18-14(19)11-17-13-6-4-2-1-3-5-7-13/h8-9,13,17H,1-7,11H2,(H,18,19)/p+1. The predicted molar refractivity (Wildman–Crippen MR) is 80.6 cm³/mol. The number of carbonyl (C=O) groups is 1. The molecule has 1 aromatic rings. The zero-order chi connectivity index (χ0) is 14.2. The molecule has 2 rings (SSSR count). The van der Waals surface area contributed by atoms with E-state index >= 15 is 0 Å². The van der Waals surface area contributed by atoms with Crippen molar-refractivity contribution in [3.63, 3.8) is 0 Å². The second-order valence-corrected chi connectivity index (χ2v) is 6.28. The van der Waals surface area contributed by atoms with E-state index in [9.17, 15) is 4.79 Å². The van der Waals surface area contributed by atoms with Crippen LogP contribution in [0, 0.1) is 11.3 Å². The van der Waals surface area contributed by atoms with Gasteiger partial charge in [-0.05, 0) is 37.1 Å². The lowest BCUT2D eigenvalue weighted by atomic mass is 9.97. The molecule has 4 nitrogen and oxygen atoms in total. The van der Waals surface area contributed by atoms with Gasteiger partial charge in [0.1, 0.15) is 11.1 Å². The highest BCUT2D eigenvalue weighted by molar-refractivity contribution is 7.14. The number of nitrogens with zero attached hydrogens (tertiary/aromatic N) is 1. The summed E-state index contributed by atoms with van der Waals surface area (Å²) in [5.41, 5.74) is 0.550. The fourth-order valence-electron chi connectivity index (χ4n) is 2.67. The van der Waals surface area contributed by atoms with Crippen LogP contribution in [-0.2, 0) is 4.79 Å². The van der Waals surface area contributed by atoms with Gasteiger partial charge in [-0.3, -0.25) is 4.79 Å². The maximum Gasteiger partial charge on any atom is 0.280 e. The molecule has 0 unspecified atom stereocenters. The third-order valence-electron chi connectivity index (χ3n) is 3.83. The van der Waals surface area contributed by atoms with Crippen LogP contribution in [0.2, 0.25) is 0 Å². The summed E-state index contributed by atoms with van der Waals surface area (Å²) in [4.78, 5) is 11.9. The van der Waals surface area contributed by atoms with Crippen molar-refractivity contribution in [2.24, 2.45) is 0 Å². The van der Waals surface area contributed by atoms with E-state index in [0.717, 1.165) is 0 Å². The fraction of sp³-hybridized carbons (Fsp3) is 0.600. The van der Waals surface area contributed by atoms with Crippen LogP contribution in [0.4, 0.5) is 5.00 Å². The Morgan fingerprint density at radius 2 is 2.05 bits per heavy atom. The SMILES string of the molecule is N#Cc1ccsc1NC(=O)C[NH2+]C1CCCCCCC1. The maximum absolute atomic E-state index is 11.9. The summed E-state index contributed by atoms with van der Waals surface area (Å²) in [7, 11) is 0. The molecule has 5 heteroatoms. The molecule has 1 amide bonds. The van der Waals surface area contributed by atoms with E-state index < -0.39 is 0 Å². The summed E-state index contributed by atoms with van der Waals surface area (Å²) in [6.45, 7) is 0.452. The van der Waals surface area contributed by atoms with Crippen molar-refractivity contribution in [2.45, 2.75) is 51.0 Å². The molecule has 0 aromatic carbocycles. The van der Waals surface area contributed by atoms with Crippen LogP contribution in [0.3, 0.4) is 0 Å². The molecule has 1 heterocycles. The molecule has 0 radical (unpaired) electrons. The number of nitriles is 1. The number of rotatable bonds is 4. The van der Waals surface area contributed by atoms with Crippen LogP contribution < -0.4 is 10.6 Å². The molecule has 1 aliphatic carbocycles. The number of anilines is 1. The first-order valence-corrected chi connectivity index (χ1v) is 8.28. The average molecular weight is 292 g/mol. The van der Waals surface area contributed by atoms with Crippen LogP contribution in [0.15, 0.2) is 11.4 Å². The summed E-state index contributed by atoms with van der Waals surface area (Å²) >= 11 is 1.40. The van der Waals surface area contributed by atoms with E-state index in [-0.39, 0.29) is 5.91 Å². The maximum atomic E-state index is 11.9. The summed E-state index contributed by atoms with van der Waals surface area (Å²) < 4.78 is 0. The van der Waals surface area contributed by atoms with Crippen molar-refractivity contribution in [2.75, 3.05) is 11.9 Å². The lowest BCUT2D eigenvalue weighted by Crippen LogP contribution is -2.91. The van der Waals surface area contributed by atoms with Gasteiger partial charge in [0.05, 0.1) is 11.6 Å². The summed E-state index contributed by atoms with van der Waals surface area (Å²) in [5, 5.41) is 16.4. The molecule has 1 aromatic heterocycles. The number of hydrogen-bond acceptors (Lipinski definition) is 3. The van der Waals surface area contributed by atoms with Gasteiger partial charge in [-0.1, -0.05) is 19.3 Å². The van der Waals surface area contributed by atoms with Crippen LogP contribution in [-0.4, -0.2) is 18.5 Å². The van der Waals surface area contributed by atoms with Gasteiger partial charge < -0.3 is 10.6 Å². The van der Waals surface area contributed by atoms with Gasteiger partial charge in [0.2, 0.25) is 0 Å². The molecule has 0 saturated heterocycles. The van der Waals surface area contributed by atoms with Crippen molar-refractivity contribution in [1.29, 1.82) is 5.26 Å². The van der Waals surface area contributed by atoms with E-state index in [0.29, 0.717) is 23.2 Å². The number of thiophene rings is 1. The van der Waals surface area contributed by atoms with Crippen LogP contribution in [0.25, 0.3) is 0 Å². The number of carbonyl (C=O) groups excluding carboxylic acids is 1. The minimum Gasteiger partial charge on any atom is -0.336 e. The second-order valence-electron chi connectivity index (χ2n) is 5.37. The second kappa shape index (κ2) is 8.03. The number of amides is 1. The van der Waals surface area contributed by atoms with Crippen LogP contribution >= 0.6 is 11.3 Å². The van der Waals surface area contributed by atoms with Crippen LogP contribution in [0.1, 0.15) is 50.5 Å². The van der Waals surface area contributed by atoms with Gasteiger partial charge in [-0.25, -0.2) is 0 Å². The van der Waals surface area contributed by atoms with E-state index in [1.54, 1.807) is 6.07 Å². The van der Waals surface area contributed by atoms with Gasteiger partial charge in [0.15, 0.2) is 6.54 Å². The minimum absolute atomic E-state index is 0.00832. The van der Waals surface area contributed by atoms with E-state index in [2.05, 4.69) is 16.7 Å². The molecule has 0 aliphatic heterocycles. The summed E-state index contributed by atoms with van der Waals surface area (Å²) in [6, 6.07) is 4.41. The first-order chi connectivity index (χ1) is 9.79. The van der Waals surface area contributed by atoms with E-state index in [1.807, 2.05) is 5.38 Å². The number of nitrogens with two attached hydrogens (primary N) is 1. The van der Waals surface area contributed by atoms with Gasteiger partial charge >= 0.3 is 0 Å². The number of nitrogens with one attached hydrogen (secondary N) is 1. The zero-order valence-corrected chi connectivity index (χ0v) is 12.5. The molecule has 1 saturated carbocycles. The molecule has 108 valence electrons. The summed E-state index contributed by atoms with van der Waals surface area (Å²) in [6.07, 6.45) is 9.03. The van der Waals surface area contributed by atoms with Gasteiger partial charge in [0.25, 0.3) is 5.91 Å². The fourth-order valence-corrected chi connectivity index (χ4v) is 3.42. The molecule has 0 spiro atoms. The Hall–Kier alpha value is -1.38. The predicted octanol–water partition coefficient (Wildman–Crippen LogP) is 2.23. The third kappa shape index (κ3) is 4.62. The van der Waals surface area contributed by atoms with Gasteiger partial charge in [0, 0.05) is 0 Å². The third-order valence-corrected chi connectivity index (χ3v) is 4.65. The molecular formula is C15H22N3OS+. The van der Waals surface area contributed by atoms with Crippen molar-refractivity contribution in [3.8, 4) is 6.07 Å². The van der Waals surface area contributed by atoms with Crippen molar-refractivity contribution >= 4 is 22.2 Å². The monoisotopic (exact) mass is 292 g/mol. The topological polar surface area (TPSA) is 69.5 Å². The van der Waals surface area contributed by atoms with Gasteiger partial charge in [-0.2, -0.15) is 5.26 Å². The lowest BCUT2D eigenvalue weighted by molar-refractivity contribution is -0.680. The molecule has 1 fully saturated rings. The highest BCUT2D eigenvalue weighted by Gasteiger charge is 2.16. The van der Waals surface area contributed by atoms with Gasteiger partial charge in [-0.15, -0.1) is 11.3 Å². The smallest absolute Gasteiger partial charge is 0.280 e. The molecular weight excluding hydrogens is 270 g/mol. The quantitative estimate of drug-likeness (QED) is 0.893. The van der Waals surface area contributed by atoms with Crippen molar-refractivity contribution < 1.29 is 10.1 Å². The average Bonchev–Trinajstić information content (AvgIpc) is 2.84. The normalized spacial score (nSPS) is 16.9. The summed E-state index contributed by atoms with van der Waals surface area (Å²) in [5.74, 6) is -0.00832. The van der Waals surface area contributed by atoms with E-state index in [4.69, 9.17) is 5.26 Å². The Balaban J connectivity index is 1.75. The van der Waals surface area contributed by atoms with Crippen molar-refractivity contribution in [3.05, 3.63) is 17.0 Å². The van der Waals surface area contributed by atoms with Crippen LogP contribution in [0.5, 0.6) is 0 Å². The largest absolute Gasteiger partial charge is 0.336 e.